The van der Waals surface area contributed by atoms with Crippen molar-refractivity contribution in [1.82, 2.24) is 9.80 Å². The van der Waals surface area contributed by atoms with E-state index in [2.05, 4.69) is 23.1 Å². The lowest BCUT2D eigenvalue weighted by molar-refractivity contribution is -0.116. The van der Waals surface area contributed by atoms with Crippen molar-refractivity contribution in [3.05, 3.63) is 53.1 Å². The Kier molecular flexibility index (Phi) is 5.67. The van der Waals surface area contributed by atoms with Gasteiger partial charge < -0.3 is 19.3 Å². The highest BCUT2D eigenvalue weighted by molar-refractivity contribution is 5.98. The highest BCUT2D eigenvalue weighted by Gasteiger charge is 2.44. The van der Waals surface area contributed by atoms with Gasteiger partial charge in [0, 0.05) is 62.9 Å². The number of carbonyl (C=O) groups excluding carboxylic acids is 2. The van der Waals surface area contributed by atoms with E-state index in [-0.39, 0.29) is 24.0 Å². The summed E-state index contributed by atoms with van der Waals surface area (Å²) in [6.07, 6.45) is 5.83. The lowest BCUT2D eigenvalue weighted by Crippen LogP contribution is -2.48. The van der Waals surface area contributed by atoms with Crippen molar-refractivity contribution in [2.45, 2.75) is 51.0 Å². The number of ether oxygens (including phenoxy) is 2. The van der Waals surface area contributed by atoms with Crippen molar-refractivity contribution in [1.29, 1.82) is 0 Å². The Morgan fingerprint density at radius 1 is 0.914 bits per heavy atom. The van der Waals surface area contributed by atoms with E-state index in [0.29, 0.717) is 13.1 Å². The van der Waals surface area contributed by atoms with Gasteiger partial charge in [-0.1, -0.05) is 25.3 Å². The van der Waals surface area contributed by atoms with Crippen LogP contribution >= 0.6 is 0 Å². The van der Waals surface area contributed by atoms with Gasteiger partial charge in [-0.2, -0.15) is 0 Å². The number of piperazine rings is 1. The largest absolute Gasteiger partial charge is 0.454 e. The highest BCUT2D eigenvalue weighted by Crippen LogP contribution is 2.49. The van der Waals surface area contributed by atoms with Crippen LogP contribution in [-0.2, 0) is 16.8 Å². The molecule has 0 radical (unpaired) electrons. The Labute approximate surface area is 206 Å². The monoisotopic (exact) mass is 475 g/mol. The van der Waals surface area contributed by atoms with Gasteiger partial charge in [-0.15, -0.1) is 0 Å². The summed E-state index contributed by atoms with van der Waals surface area (Å²) in [6.45, 7) is 6.63. The number of carbonyl (C=O) groups is 2. The predicted octanol–water partition coefficient (Wildman–Crippen LogP) is 3.94. The molecule has 184 valence electrons. The number of anilines is 1. The maximum atomic E-state index is 13.5. The second-order valence-electron chi connectivity index (χ2n) is 10.4. The molecule has 1 spiro atoms. The van der Waals surface area contributed by atoms with Crippen molar-refractivity contribution in [2.24, 2.45) is 0 Å². The van der Waals surface area contributed by atoms with Gasteiger partial charge in [0.15, 0.2) is 11.5 Å². The first kappa shape index (κ1) is 22.4. The van der Waals surface area contributed by atoms with Crippen LogP contribution in [0.15, 0.2) is 36.4 Å². The van der Waals surface area contributed by atoms with Crippen LogP contribution < -0.4 is 14.4 Å². The molecule has 2 fully saturated rings. The third kappa shape index (κ3) is 4.05. The standard InChI is InChI=1S/C28H33N3O4/c1-20(32)31-18-28(9-3-2-4-10-28)23-16-22(6-7-24(23)31)27(33)30-13-11-29(12-14-30)17-21-5-8-25-26(15-21)35-19-34-25/h5-8,15-16H,2-4,9-14,17-19H2,1H3. The minimum absolute atomic E-state index is 0.0128. The van der Waals surface area contributed by atoms with E-state index >= 15 is 0 Å². The van der Waals surface area contributed by atoms with E-state index in [0.717, 1.165) is 61.8 Å². The minimum atomic E-state index is 0.0128. The van der Waals surface area contributed by atoms with Gasteiger partial charge in [0.1, 0.15) is 0 Å². The third-order valence-corrected chi connectivity index (χ3v) is 8.26. The molecular weight excluding hydrogens is 442 g/mol. The third-order valence-electron chi connectivity index (χ3n) is 8.26. The normalized spacial score (nSPS) is 20.8. The second-order valence-corrected chi connectivity index (χ2v) is 10.4. The molecular formula is C28H33N3O4. The molecule has 1 aliphatic carbocycles. The summed E-state index contributed by atoms with van der Waals surface area (Å²) < 4.78 is 10.9. The molecule has 3 heterocycles. The molecule has 2 amide bonds. The molecule has 1 saturated heterocycles. The quantitative estimate of drug-likeness (QED) is 0.673. The first-order chi connectivity index (χ1) is 17.0. The first-order valence-electron chi connectivity index (χ1n) is 12.9. The summed E-state index contributed by atoms with van der Waals surface area (Å²) in [5, 5.41) is 0. The van der Waals surface area contributed by atoms with Gasteiger partial charge in [-0.3, -0.25) is 14.5 Å². The number of fused-ring (bicyclic) bond motifs is 3. The van der Waals surface area contributed by atoms with Gasteiger partial charge in [0.05, 0.1) is 0 Å². The fraction of sp³-hybridized carbons (Fsp3) is 0.500. The average Bonchev–Trinajstić information content (AvgIpc) is 3.47. The molecule has 7 nitrogen and oxygen atoms in total. The number of hydrogen-bond acceptors (Lipinski definition) is 5. The van der Waals surface area contributed by atoms with Crippen molar-refractivity contribution in [2.75, 3.05) is 44.4 Å². The molecule has 2 aromatic carbocycles. The Morgan fingerprint density at radius 3 is 2.46 bits per heavy atom. The lowest BCUT2D eigenvalue weighted by atomic mass is 9.70. The summed E-state index contributed by atoms with van der Waals surface area (Å²) in [7, 11) is 0. The predicted molar refractivity (Wildman–Crippen MR) is 133 cm³/mol. The zero-order valence-electron chi connectivity index (χ0n) is 20.4. The molecule has 0 atom stereocenters. The van der Waals surface area contributed by atoms with Crippen molar-refractivity contribution >= 4 is 17.5 Å². The maximum absolute atomic E-state index is 13.5. The van der Waals surface area contributed by atoms with Crippen molar-refractivity contribution in [3.63, 3.8) is 0 Å². The Morgan fingerprint density at radius 2 is 1.69 bits per heavy atom. The SMILES string of the molecule is CC(=O)N1CC2(CCCCC2)c2cc(C(=O)N3CCN(Cc4ccc5c(c4)OCO5)CC3)ccc21. The zero-order chi connectivity index (χ0) is 24.0. The second kappa shape index (κ2) is 8.86. The van der Waals surface area contributed by atoms with Crippen LogP contribution in [0.1, 0.15) is 60.5 Å². The number of benzene rings is 2. The van der Waals surface area contributed by atoms with Crippen LogP contribution in [0.4, 0.5) is 5.69 Å². The van der Waals surface area contributed by atoms with Gasteiger partial charge in [0.2, 0.25) is 12.7 Å². The Bertz CT molecular complexity index is 1150. The molecule has 0 bridgehead atoms. The maximum Gasteiger partial charge on any atom is 0.253 e. The fourth-order valence-corrected chi connectivity index (χ4v) is 6.33. The summed E-state index contributed by atoms with van der Waals surface area (Å²) >= 11 is 0. The Balaban J connectivity index is 1.14. The molecule has 3 aliphatic heterocycles. The molecule has 4 aliphatic rings. The van der Waals surface area contributed by atoms with E-state index < -0.39 is 0 Å². The van der Waals surface area contributed by atoms with Crippen LogP contribution in [0, 0.1) is 0 Å². The van der Waals surface area contributed by atoms with Crippen molar-refractivity contribution < 1.29 is 19.1 Å². The molecule has 35 heavy (non-hydrogen) atoms. The fourth-order valence-electron chi connectivity index (χ4n) is 6.33. The van der Waals surface area contributed by atoms with Gasteiger partial charge in [0.25, 0.3) is 5.91 Å². The highest BCUT2D eigenvalue weighted by atomic mass is 16.7. The number of nitrogens with zero attached hydrogens (tertiary/aromatic N) is 3. The molecule has 6 rings (SSSR count). The first-order valence-corrected chi connectivity index (χ1v) is 12.9. The molecule has 2 aromatic rings. The number of hydrogen-bond donors (Lipinski definition) is 0. The van der Waals surface area contributed by atoms with Crippen LogP contribution in [0.5, 0.6) is 11.5 Å². The van der Waals surface area contributed by atoms with E-state index in [1.165, 1.54) is 30.4 Å². The average molecular weight is 476 g/mol. The summed E-state index contributed by atoms with van der Waals surface area (Å²) in [4.78, 5) is 32.1. The lowest BCUT2D eigenvalue weighted by Gasteiger charge is -2.35. The zero-order valence-corrected chi connectivity index (χ0v) is 20.4. The van der Waals surface area contributed by atoms with E-state index in [1.807, 2.05) is 28.0 Å². The topological polar surface area (TPSA) is 62.3 Å². The summed E-state index contributed by atoms with van der Waals surface area (Å²) in [5.74, 6) is 1.81. The van der Waals surface area contributed by atoms with Gasteiger partial charge >= 0.3 is 0 Å². The van der Waals surface area contributed by atoms with E-state index in [9.17, 15) is 9.59 Å². The van der Waals surface area contributed by atoms with Gasteiger partial charge in [-0.25, -0.2) is 0 Å². The molecule has 7 heteroatoms. The van der Waals surface area contributed by atoms with Gasteiger partial charge in [-0.05, 0) is 54.3 Å². The Hall–Kier alpha value is -3.06. The van der Waals surface area contributed by atoms with Crippen LogP contribution in [0.25, 0.3) is 0 Å². The van der Waals surface area contributed by atoms with E-state index in [4.69, 9.17) is 9.47 Å². The molecule has 0 aromatic heterocycles. The minimum Gasteiger partial charge on any atom is -0.454 e. The molecule has 1 saturated carbocycles. The van der Waals surface area contributed by atoms with Crippen molar-refractivity contribution in [3.8, 4) is 11.5 Å². The summed E-state index contributed by atoms with van der Waals surface area (Å²) in [6, 6.07) is 12.1. The van der Waals surface area contributed by atoms with Crippen LogP contribution in [0.2, 0.25) is 0 Å². The van der Waals surface area contributed by atoms with Crippen LogP contribution in [-0.4, -0.2) is 61.1 Å². The van der Waals surface area contributed by atoms with E-state index in [1.54, 1.807) is 6.92 Å². The summed E-state index contributed by atoms with van der Waals surface area (Å²) in [5.41, 5.74) is 4.17. The number of amides is 2. The van der Waals surface area contributed by atoms with Crippen LogP contribution in [0.3, 0.4) is 0 Å². The number of rotatable bonds is 3. The smallest absolute Gasteiger partial charge is 0.253 e. The molecule has 0 unspecified atom stereocenters. The molecule has 0 N–H and O–H groups in total.